The van der Waals surface area contributed by atoms with Crippen molar-refractivity contribution in [1.29, 1.82) is 0 Å². The van der Waals surface area contributed by atoms with Crippen molar-refractivity contribution in [2.45, 2.75) is 64.4 Å². The maximum Gasteiger partial charge on any atom is 0.246 e. The zero-order valence-corrected chi connectivity index (χ0v) is 20.5. The van der Waals surface area contributed by atoms with E-state index in [4.69, 9.17) is 4.74 Å². The lowest BCUT2D eigenvalue weighted by Gasteiger charge is -2.35. The van der Waals surface area contributed by atoms with Crippen LogP contribution in [0.3, 0.4) is 0 Å². The van der Waals surface area contributed by atoms with Crippen molar-refractivity contribution < 1.29 is 22.7 Å². The van der Waals surface area contributed by atoms with Gasteiger partial charge in [-0.2, -0.15) is 9.40 Å². The van der Waals surface area contributed by atoms with Crippen molar-refractivity contribution in [3.8, 4) is 0 Å². The van der Waals surface area contributed by atoms with Gasteiger partial charge in [0.1, 0.15) is 11.4 Å². The first-order valence-corrected chi connectivity index (χ1v) is 12.6. The molecule has 2 saturated heterocycles. The molecule has 0 aromatic carbocycles. The number of rotatable bonds is 5. The number of carbonyl (C=O) groups excluding carboxylic acids is 2. The Hall–Kier alpha value is -1.98. The number of hydrogen-bond acceptors (Lipinski definition) is 6. The second-order valence-corrected chi connectivity index (χ2v) is 11.5. The van der Waals surface area contributed by atoms with Crippen molar-refractivity contribution in [2.75, 3.05) is 39.4 Å². The number of carbonyl (C=O) groups is 2. The molecule has 1 atom stereocenters. The minimum absolute atomic E-state index is 0.00353. The molecule has 2 aliphatic heterocycles. The SMILES string of the molecule is Cc1nn(CC(=O)NC(C)(C)C)c(C)c1S(=O)(=O)N1CCC[C@@H](C(=O)N2CCOCC2)C1. The molecule has 0 spiro atoms. The fourth-order valence-corrected chi connectivity index (χ4v) is 6.23. The zero-order valence-electron chi connectivity index (χ0n) is 19.7. The zero-order chi connectivity index (χ0) is 23.7. The minimum atomic E-state index is -3.85. The first-order valence-electron chi connectivity index (χ1n) is 11.1. The second-order valence-electron chi connectivity index (χ2n) is 9.60. The van der Waals surface area contributed by atoms with E-state index in [1.165, 1.54) is 8.99 Å². The molecule has 2 fully saturated rings. The van der Waals surface area contributed by atoms with E-state index in [1.54, 1.807) is 18.7 Å². The maximum atomic E-state index is 13.5. The predicted molar refractivity (Wildman–Crippen MR) is 118 cm³/mol. The van der Waals surface area contributed by atoms with Crippen LogP contribution in [0.4, 0.5) is 0 Å². The Morgan fingerprint density at radius 1 is 1.16 bits per heavy atom. The molecule has 1 aromatic rings. The summed E-state index contributed by atoms with van der Waals surface area (Å²) in [7, 11) is -3.85. The van der Waals surface area contributed by atoms with Crippen molar-refractivity contribution in [1.82, 2.24) is 24.3 Å². The largest absolute Gasteiger partial charge is 0.378 e. The van der Waals surface area contributed by atoms with Gasteiger partial charge in [-0.1, -0.05) is 0 Å². The number of nitrogens with one attached hydrogen (secondary N) is 1. The second kappa shape index (κ2) is 9.48. The number of aryl methyl sites for hydroxylation is 1. The number of nitrogens with zero attached hydrogens (tertiary/aromatic N) is 4. The topological polar surface area (TPSA) is 114 Å². The standard InChI is InChI=1S/C21H35N5O5S/c1-15-19(16(2)26(23-15)14-18(27)22-21(3,4)5)32(29,30)25-8-6-7-17(13-25)20(28)24-9-11-31-12-10-24/h17H,6-14H2,1-5H3,(H,22,27)/t17-/m1/s1. The summed E-state index contributed by atoms with van der Waals surface area (Å²) in [6.45, 7) is 11.5. The third-order valence-electron chi connectivity index (χ3n) is 5.78. The molecule has 10 nitrogen and oxygen atoms in total. The molecule has 3 rings (SSSR count). The third-order valence-corrected chi connectivity index (χ3v) is 7.90. The molecule has 11 heteroatoms. The van der Waals surface area contributed by atoms with Crippen LogP contribution in [0.1, 0.15) is 45.0 Å². The van der Waals surface area contributed by atoms with Crippen LogP contribution in [0.2, 0.25) is 0 Å². The number of hydrogen-bond donors (Lipinski definition) is 1. The number of piperidine rings is 1. The molecular weight excluding hydrogens is 434 g/mol. The van der Waals surface area contributed by atoms with E-state index in [9.17, 15) is 18.0 Å². The minimum Gasteiger partial charge on any atom is -0.378 e. The van der Waals surface area contributed by atoms with Crippen LogP contribution in [-0.2, 0) is 30.9 Å². The maximum absolute atomic E-state index is 13.5. The van der Waals surface area contributed by atoms with Crippen LogP contribution in [0.25, 0.3) is 0 Å². The van der Waals surface area contributed by atoms with Crippen LogP contribution in [0.15, 0.2) is 4.90 Å². The number of ether oxygens (including phenoxy) is 1. The highest BCUT2D eigenvalue weighted by atomic mass is 32.2. The summed E-state index contributed by atoms with van der Waals surface area (Å²) in [4.78, 5) is 27.2. The van der Waals surface area contributed by atoms with Gasteiger partial charge in [-0.3, -0.25) is 14.3 Å². The van der Waals surface area contributed by atoms with Crippen molar-refractivity contribution in [3.63, 3.8) is 0 Å². The molecule has 0 radical (unpaired) electrons. The summed E-state index contributed by atoms with van der Waals surface area (Å²) in [5, 5.41) is 7.19. The first-order chi connectivity index (χ1) is 14.9. The third kappa shape index (κ3) is 5.49. The van der Waals surface area contributed by atoms with E-state index in [0.29, 0.717) is 57.1 Å². The van der Waals surface area contributed by atoms with Crippen LogP contribution in [-0.4, -0.2) is 84.1 Å². The highest BCUT2D eigenvalue weighted by Gasteiger charge is 2.38. The lowest BCUT2D eigenvalue weighted by molar-refractivity contribution is -0.140. The first kappa shape index (κ1) is 24.7. The Morgan fingerprint density at radius 3 is 2.44 bits per heavy atom. The van der Waals surface area contributed by atoms with Crippen LogP contribution < -0.4 is 5.32 Å². The predicted octanol–water partition coefficient (Wildman–Crippen LogP) is 0.674. The molecule has 0 aliphatic carbocycles. The van der Waals surface area contributed by atoms with Crippen LogP contribution in [0, 0.1) is 19.8 Å². The van der Waals surface area contributed by atoms with Gasteiger partial charge in [0.15, 0.2) is 0 Å². The Labute approximate surface area is 190 Å². The number of amides is 2. The van der Waals surface area contributed by atoms with E-state index < -0.39 is 15.6 Å². The van der Waals surface area contributed by atoms with Gasteiger partial charge >= 0.3 is 0 Å². The molecule has 2 aliphatic rings. The van der Waals surface area contributed by atoms with Crippen molar-refractivity contribution >= 4 is 21.8 Å². The van der Waals surface area contributed by atoms with Gasteiger partial charge in [0.25, 0.3) is 0 Å². The molecule has 0 saturated carbocycles. The smallest absolute Gasteiger partial charge is 0.246 e. The lowest BCUT2D eigenvalue weighted by Crippen LogP contribution is -2.49. The molecule has 0 unspecified atom stereocenters. The van der Waals surface area contributed by atoms with Gasteiger partial charge in [0.2, 0.25) is 21.8 Å². The van der Waals surface area contributed by atoms with E-state index in [2.05, 4.69) is 10.4 Å². The summed E-state index contributed by atoms with van der Waals surface area (Å²) in [6.07, 6.45) is 1.30. The van der Waals surface area contributed by atoms with E-state index >= 15 is 0 Å². The average Bonchev–Trinajstić information content (AvgIpc) is 3.00. The molecule has 0 bridgehead atoms. The van der Waals surface area contributed by atoms with Crippen LogP contribution in [0.5, 0.6) is 0 Å². The van der Waals surface area contributed by atoms with Crippen molar-refractivity contribution in [3.05, 3.63) is 11.4 Å². The summed E-state index contributed by atoms with van der Waals surface area (Å²) >= 11 is 0. The summed E-state index contributed by atoms with van der Waals surface area (Å²) in [6, 6.07) is 0. The Bertz CT molecular complexity index is 960. The molecule has 1 N–H and O–H groups in total. The monoisotopic (exact) mass is 469 g/mol. The molecule has 1 aromatic heterocycles. The fraction of sp³-hybridized carbons (Fsp3) is 0.762. The number of aromatic nitrogens is 2. The van der Waals surface area contributed by atoms with E-state index in [0.717, 1.165) is 0 Å². The van der Waals surface area contributed by atoms with Gasteiger partial charge < -0.3 is 15.0 Å². The fourth-order valence-electron chi connectivity index (χ4n) is 4.33. The molecule has 32 heavy (non-hydrogen) atoms. The quantitative estimate of drug-likeness (QED) is 0.678. The molecular formula is C21H35N5O5S. The molecule has 180 valence electrons. The van der Waals surface area contributed by atoms with E-state index in [1.807, 2.05) is 20.8 Å². The lowest BCUT2D eigenvalue weighted by atomic mass is 9.98. The Morgan fingerprint density at radius 2 is 1.81 bits per heavy atom. The van der Waals surface area contributed by atoms with Crippen LogP contribution >= 0.6 is 0 Å². The van der Waals surface area contributed by atoms with Gasteiger partial charge in [-0.05, 0) is 47.5 Å². The van der Waals surface area contributed by atoms with Gasteiger partial charge in [0, 0.05) is 31.7 Å². The average molecular weight is 470 g/mol. The van der Waals surface area contributed by atoms with Gasteiger partial charge in [-0.25, -0.2) is 8.42 Å². The van der Waals surface area contributed by atoms with Gasteiger partial charge in [0.05, 0.1) is 30.5 Å². The normalized spacial score (nSPS) is 20.9. The Balaban J connectivity index is 1.77. The molecule has 2 amide bonds. The summed E-state index contributed by atoms with van der Waals surface area (Å²) in [5.41, 5.74) is 0.388. The van der Waals surface area contributed by atoms with Gasteiger partial charge in [-0.15, -0.1) is 0 Å². The number of morpholine rings is 1. The number of sulfonamides is 1. The summed E-state index contributed by atoms with van der Waals surface area (Å²) in [5.74, 6) is -0.595. The van der Waals surface area contributed by atoms with E-state index in [-0.39, 0.29) is 35.7 Å². The Kier molecular flexibility index (Phi) is 7.31. The van der Waals surface area contributed by atoms with Crippen molar-refractivity contribution in [2.24, 2.45) is 5.92 Å². The summed E-state index contributed by atoms with van der Waals surface area (Å²) < 4.78 is 35.2. The highest BCUT2D eigenvalue weighted by molar-refractivity contribution is 7.89. The highest BCUT2D eigenvalue weighted by Crippen LogP contribution is 2.28. The molecule has 3 heterocycles.